The van der Waals surface area contributed by atoms with Crippen LogP contribution in [0.15, 0.2) is 23.8 Å². The van der Waals surface area contributed by atoms with Gasteiger partial charge < -0.3 is 9.84 Å². The molecule has 1 saturated heterocycles. The first-order valence-corrected chi connectivity index (χ1v) is 8.90. The summed E-state index contributed by atoms with van der Waals surface area (Å²) in [4.78, 5) is 0. The second-order valence-corrected chi connectivity index (χ2v) is 8.77. The summed E-state index contributed by atoms with van der Waals surface area (Å²) in [5.74, 6) is 0.240. The maximum Gasteiger partial charge on any atom is 0.0988 e. The van der Waals surface area contributed by atoms with Gasteiger partial charge in [-0.1, -0.05) is 30.7 Å². The monoisotopic (exact) mass is 304 g/mol. The van der Waals surface area contributed by atoms with Crippen LogP contribution < -0.4 is 0 Å². The molecule has 0 aromatic carbocycles. The molecule has 4 atom stereocenters. The standard InChI is InChI=1S/C20H32O2/c1-14-7-6-8-15(2)13-16-17-19(5,10-9-14)11-12-20(17,21)18(3,4)22-16/h8,16-17,21H,1,6-7,9-13H2,2-5H3/b15-8+/t16-,17+,19-,20-/m1/s1. The minimum atomic E-state index is -0.678. The van der Waals surface area contributed by atoms with Gasteiger partial charge in [0.15, 0.2) is 0 Å². The zero-order chi connectivity index (χ0) is 16.2. The molecule has 22 heavy (non-hydrogen) atoms. The largest absolute Gasteiger partial charge is 0.386 e. The second-order valence-electron chi connectivity index (χ2n) is 8.77. The molecule has 124 valence electrons. The fraction of sp³-hybridized carbons (Fsp3) is 0.800. The molecule has 3 aliphatic rings. The van der Waals surface area contributed by atoms with Gasteiger partial charge >= 0.3 is 0 Å². The predicted molar refractivity (Wildman–Crippen MR) is 90.7 cm³/mol. The van der Waals surface area contributed by atoms with Crippen LogP contribution in [0.4, 0.5) is 0 Å². The molecule has 0 radical (unpaired) electrons. The lowest BCUT2D eigenvalue weighted by atomic mass is 9.67. The lowest BCUT2D eigenvalue weighted by Gasteiger charge is -2.38. The summed E-state index contributed by atoms with van der Waals surface area (Å²) in [7, 11) is 0. The molecule has 0 bridgehead atoms. The van der Waals surface area contributed by atoms with Crippen LogP contribution in [0.3, 0.4) is 0 Å². The van der Waals surface area contributed by atoms with Crippen molar-refractivity contribution in [1.82, 2.24) is 0 Å². The third kappa shape index (κ3) is 2.39. The van der Waals surface area contributed by atoms with Gasteiger partial charge in [-0.05, 0) is 71.1 Å². The van der Waals surface area contributed by atoms with E-state index in [1.807, 2.05) is 0 Å². The Labute approximate surface area is 135 Å². The molecule has 3 rings (SSSR count). The summed E-state index contributed by atoms with van der Waals surface area (Å²) in [5, 5.41) is 11.5. The molecule has 1 N–H and O–H groups in total. The van der Waals surface area contributed by atoms with E-state index < -0.39 is 11.2 Å². The lowest BCUT2D eigenvalue weighted by molar-refractivity contribution is -0.111. The topological polar surface area (TPSA) is 29.5 Å². The maximum atomic E-state index is 11.5. The van der Waals surface area contributed by atoms with Crippen LogP contribution in [-0.2, 0) is 4.74 Å². The summed E-state index contributed by atoms with van der Waals surface area (Å²) in [6.07, 6.45) is 9.83. The van der Waals surface area contributed by atoms with Gasteiger partial charge in [0.25, 0.3) is 0 Å². The van der Waals surface area contributed by atoms with E-state index >= 15 is 0 Å². The molecular formula is C20H32O2. The van der Waals surface area contributed by atoms with Crippen molar-refractivity contribution in [3.63, 3.8) is 0 Å². The molecule has 0 aromatic rings. The first kappa shape index (κ1) is 16.3. The molecule has 1 heterocycles. The minimum Gasteiger partial charge on any atom is -0.386 e. The third-order valence-electron chi connectivity index (χ3n) is 6.77. The number of ether oxygens (including phenoxy) is 1. The number of rotatable bonds is 0. The fourth-order valence-electron chi connectivity index (χ4n) is 5.29. The van der Waals surface area contributed by atoms with Gasteiger partial charge in [-0.2, -0.15) is 0 Å². The smallest absolute Gasteiger partial charge is 0.0988 e. The Morgan fingerprint density at radius 1 is 1.18 bits per heavy atom. The van der Waals surface area contributed by atoms with Crippen LogP contribution >= 0.6 is 0 Å². The number of aliphatic hydroxyl groups is 1. The number of hydrogen-bond donors (Lipinski definition) is 1. The van der Waals surface area contributed by atoms with E-state index in [-0.39, 0.29) is 17.4 Å². The summed E-state index contributed by atoms with van der Waals surface area (Å²) < 4.78 is 6.41. The highest BCUT2D eigenvalue weighted by Crippen LogP contribution is 2.63. The summed E-state index contributed by atoms with van der Waals surface area (Å²) in [6.45, 7) is 13.0. The molecule has 2 fully saturated rings. The Hall–Kier alpha value is -0.600. The van der Waals surface area contributed by atoms with E-state index in [1.165, 1.54) is 11.1 Å². The molecular weight excluding hydrogens is 272 g/mol. The average molecular weight is 304 g/mol. The first-order valence-electron chi connectivity index (χ1n) is 8.90. The highest BCUT2D eigenvalue weighted by Gasteiger charge is 2.68. The van der Waals surface area contributed by atoms with Crippen LogP contribution in [0.5, 0.6) is 0 Å². The van der Waals surface area contributed by atoms with Crippen molar-refractivity contribution in [2.75, 3.05) is 0 Å². The Kier molecular flexibility index (Phi) is 3.85. The van der Waals surface area contributed by atoms with Crippen molar-refractivity contribution in [3.8, 4) is 0 Å². The summed E-state index contributed by atoms with van der Waals surface area (Å²) in [5.41, 5.74) is 1.80. The predicted octanol–water partition coefficient (Wildman–Crippen LogP) is 4.78. The van der Waals surface area contributed by atoms with Gasteiger partial charge in [0.05, 0.1) is 17.3 Å². The Morgan fingerprint density at radius 3 is 2.64 bits per heavy atom. The molecule has 0 amide bonds. The van der Waals surface area contributed by atoms with Crippen molar-refractivity contribution >= 4 is 0 Å². The normalized spacial score (nSPS) is 47.5. The van der Waals surface area contributed by atoms with Crippen LogP contribution in [-0.4, -0.2) is 22.4 Å². The van der Waals surface area contributed by atoms with E-state index in [0.29, 0.717) is 0 Å². The molecule has 2 nitrogen and oxygen atoms in total. The van der Waals surface area contributed by atoms with E-state index in [2.05, 4.69) is 40.3 Å². The van der Waals surface area contributed by atoms with E-state index in [4.69, 9.17) is 4.74 Å². The van der Waals surface area contributed by atoms with Gasteiger partial charge in [0, 0.05) is 5.92 Å². The van der Waals surface area contributed by atoms with Crippen molar-refractivity contribution in [1.29, 1.82) is 0 Å². The van der Waals surface area contributed by atoms with Crippen molar-refractivity contribution in [2.24, 2.45) is 11.3 Å². The van der Waals surface area contributed by atoms with Gasteiger partial charge in [0.1, 0.15) is 0 Å². The Bertz CT molecular complexity index is 504. The fourth-order valence-corrected chi connectivity index (χ4v) is 5.29. The van der Waals surface area contributed by atoms with E-state index in [0.717, 1.165) is 44.9 Å². The molecule has 1 aliphatic heterocycles. The zero-order valence-corrected chi connectivity index (χ0v) is 14.7. The first-order chi connectivity index (χ1) is 10.2. The average Bonchev–Trinajstić information content (AvgIpc) is 2.78. The van der Waals surface area contributed by atoms with Crippen LogP contribution in [0.1, 0.15) is 72.6 Å². The zero-order valence-electron chi connectivity index (χ0n) is 14.7. The van der Waals surface area contributed by atoms with Gasteiger partial charge in [-0.25, -0.2) is 0 Å². The molecule has 0 unspecified atom stereocenters. The van der Waals surface area contributed by atoms with Crippen LogP contribution in [0.2, 0.25) is 0 Å². The van der Waals surface area contributed by atoms with Crippen molar-refractivity contribution in [2.45, 2.75) is 89.9 Å². The Balaban J connectivity index is 1.99. The highest BCUT2D eigenvalue weighted by molar-refractivity contribution is 5.20. The van der Waals surface area contributed by atoms with Gasteiger partial charge in [-0.15, -0.1) is 0 Å². The molecule has 0 spiro atoms. The van der Waals surface area contributed by atoms with Gasteiger partial charge in [-0.3, -0.25) is 0 Å². The summed E-state index contributed by atoms with van der Waals surface area (Å²) >= 11 is 0. The van der Waals surface area contributed by atoms with Crippen molar-refractivity contribution < 1.29 is 9.84 Å². The molecule has 2 heteroatoms. The SMILES string of the molecule is C=C1CC/C=C(\C)C[C@H]2OC(C)(C)[C@@]3(O)CC[C@@](C)(CC1)[C@H]23. The van der Waals surface area contributed by atoms with Crippen molar-refractivity contribution in [3.05, 3.63) is 23.8 Å². The molecule has 2 aliphatic carbocycles. The lowest BCUT2D eigenvalue weighted by Crippen LogP contribution is -2.49. The third-order valence-corrected chi connectivity index (χ3v) is 6.77. The molecule has 0 aromatic heterocycles. The molecule has 1 saturated carbocycles. The quantitative estimate of drug-likeness (QED) is 0.653. The van der Waals surface area contributed by atoms with Crippen LogP contribution in [0.25, 0.3) is 0 Å². The summed E-state index contributed by atoms with van der Waals surface area (Å²) in [6, 6.07) is 0. The van der Waals surface area contributed by atoms with Gasteiger partial charge in [0.2, 0.25) is 0 Å². The minimum absolute atomic E-state index is 0.148. The van der Waals surface area contributed by atoms with E-state index in [1.54, 1.807) is 0 Å². The Morgan fingerprint density at radius 2 is 1.91 bits per heavy atom. The second kappa shape index (κ2) is 5.21. The highest BCUT2D eigenvalue weighted by atomic mass is 16.5. The van der Waals surface area contributed by atoms with Crippen LogP contribution in [0, 0.1) is 11.3 Å². The van der Waals surface area contributed by atoms with E-state index in [9.17, 15) is 5.11 Å². The number of hydrogen-bond acceptors (Lipinski definition) is 2. The maximum absolute atomic E-state index is 11.5. The number of allylic oxidation sites excluding steroid dienone is 2.